The number of rotatable bonds is 3. The number of amides is 1. The van der Waals surface area contributed by atoms with E-state index < -0.39 is 5.91 Å². The second-order valence-corrected chi connectivity index (χ2v) is 3.31. The lowest BCUT2D eigenvalue weighted by molar-refractivity contribution is 0.1000. The fraction of sp³-hybridized carbons (Fsp3) is 0.0714. The second-order valence-electron chi connectivity index (χ2n) is 3.31. The third kappa shape index (κ3) is 3.92. The Bertz CT molecular complexity index is 497. The van der Waals surface area contributed by atoms with Crippen LogP contribution in [0, 0.1) is 0 Å². The van der Waals surface area contributed by atoms with Gasteiger partial charge in [0, 0.05) is 12.7 Å². The van der Waals surface area contributed by atoms with Gasteiger partial charge in [0.05, 0.1) is 0 Å². The standard InChI is InChI=1S/C13H11NO2.CH4O/c14-13(15)10-5-4-8-12(9-10)16-11-6-2-1-3-7-11;1-2/h1-9H,(H2,14,15);2H,1H3. The molecule has 0 heterocycles. The first-order valence-corrected chi connectivity index (χ1v) is 5.33. The Balaban J connectivity index is 0.000000771. The molecule has 0 unspecified atom stereocenters. The molecule has 1 amide bonds. The van der Waals surface area contributed by atoms with Gasteiger partial charge in [0.15, 0.2) is 0 Å². The fourth-order valence-corrected chi connectivity index (χ4v) is 1.34. The van der Waals surface area contributed by atoms with Crippen LogP contribution in [0.4, 0.5) is 0 Å². The summed E-state index contributed by atoms with van der Waals surface area (Å²) in [5, 5.41) is 7.00. The largest absolute Gasteiger partial charge is 0.457 e. The van der Waals surface area contributed by atoms with E-state index >= 15 is 0 Å². The minimum atomic E-state index is -0.460. The monoisotopic (exact) mass is 245 g/mol. The van der Waals surface area contributed by atoms with Crippen LogP contribution >= 0.6 is 0 Å². The van der Waals surface area contributed by atoms with Gasteiger partial charge in [-0.2, -0.15) is 0 Å². The predicted molar refractivity (Wildman–Crippen MR) is 69.6 cm³/mol. The minimum absolute atomic E-state index is 0.438. The molecule has 4 heteroatoms. The molecule has 2 rings (SSSR count). The van der Waals surface area contributed by atoms with Crippen molar-refractivity contribution in [1.82, 2.24) is 0 Å². The molecule has 0 aliphatic carbocycles. The molecule has 0 radical (unpaired) electrons. The topological polar surface area (TPSA) is 72.5 Å². The number of benzene rings is 2. The smallest absolute Gasteiger partial charge is 0.248 e. The highest BCUT2D eigenvalue weighted by Gasteiger charge is 2.02. The van der Waals surface area contributed by atoms with Crippen molar-refractivity contribution in [3.05, 3.63) is 60.2 Å². The van der Waals surface area contributed by atoms with Gasteiger partial charge in [-0.05, 0) is 30.3 Å². The third-order valence-electron chi connectivity index (χ3n) is 2.10. The van der Waals surface area contributed by atoms with E-state index in [4.69, 9.17) is 15.6 Å². The number of para-hydroxylation sites is 1. The molecule has 94 valence electrons. The van der Waals surface area contributed by atoms with Crippen molar-refractivity contribution in [2.24, 2.45) is 5.73 Å². The molecule has 0 bridgehead atoms. The highest BCUT2D eigenvalue weighted by molar-refractivity contribution is 5.93. The molecule has 0 atom stereocenters. The Labute approximate surface area is 106 Å². The second kappa shape index (κ2) is 7.09. The molecule has 0 saturated carbocycles. The highest BCUT2D eigenvalue weighted by atomic mass is 16.5. The Morgan fingerprint density at radius 3 is 2.22 bits per heavy atom. The number of primary amides is 1. The molecule has 0 spiro atoms. The number of nitrogens with two attached hydrogens (primary N) is 1. The zero-order chi connectivity index (χ0) is 13.4. The quantitative estimate of drug-likeness (QED) is 0.870. The first-order valence-electron chi connectivity index (χ1n) is 5.33. The van der Waals surface area contributed by atoms with Gasteiger partial charge in [-0.25, -0.2) is 0 Å². The maximum Gasteiger partial charge on any atom is 0.248 e. The summed E-state index contributed by atoms with van der Waals surface area (Å²) in [6.45, 7) is 0. The number of aliphatic hydroxyl groups excluding tert-OH is 1. The van der Waals surface area contributed by atoms with Crippen molar-refractivity contribution >= 4 is 5.91 Å². The number of hydrogen-bond donors (Lipinski definition) is 2. The average Bonchev–Trinajstić information content (AvgIpc) is 2.42. The fourth-order valence-electron chi connectivity index (χ4n) is 1.34. The molecule has 3 N–H and O–H groups in total. The molecule has 2 aromatic carbocycles. The summed E-state index contributed by atoms with van der Waals surface area (Å²) in [6, 6.07) is 16.1. The maximum atomic E-state index is 11.0. The summed E-state index contributed by atoms with van der Waals surface area (Å²) in [7, 11) is 1.00. The van der Waals surface area contributed by atoms with Gasteiger partial charge in [-0.15, -0.1) is 0 Å². The van der Waals surface area contributed by atoms with Crippen LogP contribution in [-0.2, 0) is 0 Å². The van der Waals surface area contributed by atoms with Crippen LogP contribution in [0.5, 0.6) is 11.5 Å². The van der Waals surface area contributed by atoms with E-state index in [-0.39, 0.29) is 0 Å². The van der Waals surface area contributed by atoms with E-state index in [0.717, 1.165) is 12.9 Å². The van der Waals surface area contributed by atoms with Crippen molar-refractivity contribution in [1.29, 1.82) is 0 Å². The molecule has 0 aliphatic rings. The molecule has 0 aliphatic heterocycles. The van der Waals surface area contributed by atoms with Crippen LogP contribution in [0.1, 0.15) is 10.4 Å². The molecular formula is C14H15NO3. The summed E-state index contributed by atoms with van der Waals surface area (Å²) >= 11 is 0. The van der Waals surface area contributed by atoms with E-state index in [9.17, 15) is 4.79 Å². The van der Waals surface area contributed by atoms with Crippen molar-refractivity contribution in [3.63, 3.8) is 0 Å². The van der Waals surface area contributed by atoms with Gasteiger partial charge in [0.1, 0.15) is 11.5 Å². The maximum absolute atomic E-state index is 11.0. The Hall–Kier alpha value is -2.33. The van der Waals surface area contributed by atoms with Crippen molar-refractivity contribution in [2.75, 3.05) is 7.11 Å². The number of carbonyl (C=O) groups is 1. The summed E-state index contributed by atoms with van der Waals surface area (Å²) in [6.07, 6.45) is 0. The average molecular weight is 245 g/mol. The van der Waals surface area contributed by atoms with Crippen molar-refractivity contribution < 1.29 is 14.6 Å². The summed E-state index contributed by atoms with van der Waals surface area (Å²) in [5.41, 5.74) is 5.62. The summed E-state index contributed by atoms with van der Waals surface area (Å²) < 4.78 is 5.56. The number of ether oxygens (including phenoxy) is 1. The Kier molecular flexibility index (Phi) is 5.41. The van der Waals surface area contributed by atoms with Gasteiger partial charge < -0.3 is 15.6 Å². The van der Waals surface area contributed by atoms with Gasteiger partial charge in [-0.1, -0.05) is 24.3 Å². The molecule has 18 heavy (non-hydrogen) atoms. The first kappa shape index (κ1) is 13.7. The van der Waals surface area contributed by atoms with E-state index in [1.807, 2.05) is 30.3 Å². The van der Waals surface area contributed by atoms with Crippen LogP contribution in [0.2, 0.25) is 0 Å². The molecular weight excluding hydrogens is 230 g/mol. The first-order chi connectivity index (χ1) is 8.75. The molecule has 0 saturated heterocycles. The van der Waals surface area contributed by atoms with Crippen molar-refractivity contribution in [3.8, 4) is 11.5 Å². The zero-order valence-electron chi connectivity index (χ0n) is 10.0. The molecule has 2 aromatic rings. The summed E-state index contributed by atoms with van der Waals surface area (Å²) in [4.78, 5) is 11.0. The van der Waals surface area contributed by atoms with E-state index in [0.29, 0.717) is 11.3 Å². The van der Waals surface area contributed by atoms with Crippen LogP contribution in [-0.4, -0.2) is 18.1 Å². The third-order valence-corrected chi connectivity index (χ3v) is 2.10. The number of hydrogen-bond acceptors (Lipinski definition) is 3. The van der Waals surface area contributed by atoms with Gasteiger partial charge >= 0.3 is 0 Å². The zero-order valence-corrected chi connectivity index (χ0v) is 10.0. The van der Waals surface area contributed by atoms with Crippen LogP contribution in [0.15, 0.2) is 54.6 Å². The van der Waals surface area contributed by atoms with Gasteiger partial charge in [0.25, 0.3) is 0 Å². The normalized spacial score (nSPS) is 9.00. The Morgan fingerprint density at radius 2 is 1.61 bits per heavy atom. The van der Waals surface area contributed by atoms with Crippen LogP contribution < -0.4 is 10.5 Å². The molecule has 4 nitrogen and oxygen atoms in total. The van der Waals surface area contributed by atoms with Crippen molar-refractivity contribution in [2.45, 2.75) is 0 Å². The lowest BCUT2D eigenvalue weighted by Crippen LogP contribution is -2.10. The Morgan fingerprint density at radius 1 is 1.00 bits per heavy atom. The highest BCUT2D eigenvalue weighted by Crippen LogP contribution is 2.21. The van der Waals surface area contributed by atoms with Crippen LogP contribution in [0.25, 0.3) is 0 Å². The van der Waals surface area contributed by atoms with Crippen LogP contribution in [0.3, 0.4) is 0 Å². The lowest BCUT2D eigenvalue weighted by atomic mass is 10.2. The minimum Gasteiger partial charge on any atom is -0.457 e. The molecule has 0 fully saturated rings. The molecule has 0 aromatic heterocycles. The van der Waals surface area contributed by atoms with E-state index in [1.54, 1.807) is 24.3 Å². The number of carbonyl (C=O) groups excluding carboxylic acids is 1. The van der Waals surface area contributed by atoms with E-state index in [1.165, 1.54) is 0 Å². The summed E-state index contributed by atoms with van der Waals surface area (Å²) in [5.74, 6) is 0.866. The number of aliphatic hydroxyl groups is 1. The van der Waals surface area contributed by atoms with Gasteiger partial charge in [0.2, 0.25) is 5.91 Å². The predicted octanol–water partition coefficient (Wildman–Crippen LogP) is 2.19. The SMILES string of the molecule is CO.NC(=O)c1cccc(Oc2ccccc2)c1. The lowest BCUT2D eigenvalue weighted by Gasteiger charge is -2.05. The van der Waals surface area contributed by atoms with E-state index in [2.05, 4.69) is 0 Å². The van der Waals surface area contributed by atoms with Gasteiger partial charge in [-0.3, -0.25) is 4.79 Å².